The Balaban J connectivity index is 1.55. The Morgan fingerprint density at radius 1 is 1.03 bits per heavy atom. The zero-order valence-electron chi connectivity index (χ0n) is 19.9. The van der Waals surface area contributed by atoms with Crippen LogP contribution in [-0.4, -0.2) is 44.9 Å². The smallest absolute Gasteiger partial charge is 0.318 e. The number of rotatable bonds is 10. The molecule has 1 N–H and O–H groups in total. The molecule has 0 radical (unpaired) electrons. The first-order valence-corrected chi connectivity index (χ1v) is 11.5. The molecule has 0 aliphatic rings. The van der Waals surface area contributed by atoms with Crippen LogP contribution in [0.5, 0.6) is 11.8 Å². The van der Waals surface area contributed by atoms with Crippen molar-refractivity contribution in [2.45, 2.75) is 19.7 Å². The number of pyridine rings is 2. The van der Waals surface area contributed by atoms with E-state index in [1.807, 2.05) is 42.5 Å². The maximum atomic E-state index is 13.3. The molecule has 0 spiro atoms. The molecular formula is C26H25ClN6O3. The second kappa shape index (κ2) is 11.9. The van der Waals surface area contributed by atoms with Gasteiger partial charge >= 0.3 is 6.01 Å². The Bertz CT molecular complexity index is 1310. The zero-order valence-corrected chi connectivity index (χ0v) is 20.6. The van der Waals surface area contributed by atoms with Crippen LogP contribution in [-0.2, 0) is 19.7 Å². The fraction of sp³-hybridized carbons (Fsp3) is 0.192. The van der Waals surface area contributed by atoms with E-state index in [0.717, 1.165) is 17.0 Å². The number of aromatic nitrogens is 4. The van der Waals surface area contributed by atoms with Crippen LogP contribution in [0.15, 0.2) is 73.2 Å². The van der Waals surface area contributed by atoms with Crippen molar-refractivity contribution in [2.75, 3.05) is 19.5 Å². The van der Waals surface area contributed by atoms with Crippen molar-refractivity contribution in [3.05, 3.63) is 101 Å². The molecule has 184 valence electrons. The van der Waals surface area contributed by atoms with Crippen LogP contribution in [0.4, 0.5) is 5.82 Å². The minimum Gasteiger partial charge on any atom is -0.495 e. The standard InChI is InChI=1S/C26H25ClN6O3/c1-33(16-19-7-3-5-11-28-19)25(34)21-15-31-26(36-17-20-8-4-6-12-29-20)32-24(21)30-14-18-9-10-23(35-2)22(27)13-18/h3-13,15H,14,16-17H2,1-2H3,(H,30,31,32). The van der Waals surface area contributed by atoms with Crippen LogP contribution in [0.2, 0.25) is 5.02 Å². The van der Waals surface area contributed by atoms with E-state index in [1.54, 1.807) is 43.6 Å². The molecule has 3 aromatic heterocycles. The lowest BCUT2D eigenvalue weighted by atomic mass is 10.2. The number of hydrogen-bond donors (Lipinski definition) is 1. The summed E-state index contributed by atoms with van der Waals surface area (Å²) in [5.41, 5.74) is 2.69. The molecule has 4 rings (SSSR count). The van der Waals surface area contributed by atoms with Crippen molar-refractivity contribution in [1.29, 1.82) is 0 Å². The van der Waals surface area contributed by atoms with E-state index < -0.39 is 0 Å². The average Bonchev–Trinajstić information content (AvgIpc) is 2.91. The fourth-order valence-electron chi connectivity index (χ4n) is 3.37. The molecule has 1 aromatic carbocycles. The number of nitrogens with zero attached hydrogens (tertiary/aromatic N) is 5. The lowest BCUT2D eigenvalue weighted by Crippen LogP contribution is -2.28. The summed E-state index contributed by atoms with van der Waals surface area (Å²) in [6, 6.07) is 16.7. The number of halogens is 1. The van der Waals surface area contributed by atoms with Gasteiger partial charge in [0.15, 0.2) is 0 Å². The first kappa shape index (κ1) is 24.9. The van der Waals surface area contributed by atoms with E-state index in [9.17, 15) is 4.79 Å². The van der Waals surface area contributed by atoms with Crippen LogP contribution >= 0.6 is 11.6 Å². The van der Waals surface area contributed by atoms with Crippen molar-refractivity contribution in [2.24, 2.45) is 0 Å². The van der Waals surface area contributed by atoms with Gasteiger partial charge in [-0.2, -0.15) is 4.98 Å². The summed E-state index contributed by atoms with van der Waals surface area (Å²) in [5, 5.41) is 3.71. The van der Waals surface area contributed by atoms with E-state index >= 15 is 0 Å². The second-order valence-corrected chi connectivity index (χ2v) is 8.24. The number of carbonyl (C=O) groups is 1. The monoisotopic (exact) mass is 504 g/mol. The lowest BCUT2D eigenvalue weighted by Gasteiger charge is -2.19. The van der Waals surface area contributed by atoms with Crippen LogP contribution in [0, 0.1) is 0 Å². The van der Waals surface area contributed by atoms with Gasteiger partial charge in [-0.05, 0) is 42.0 Å². The molecule has 0 bridgehead atoms. The minimum absolute atomic E-state index is 0.125. The zero-order chi connectivity index (χ0) is 25.3. The molecule has 1 amide bonds. The Morgan fingerprint density at radius 2 is 1.78 bits per heavy atom. The summed E-state index contributed by atoms with van der Waals surface area (Å²) < 4.78 is 10.9. The predicted octanol–water partition coefficient (Wildman–Crippen LogP) is 4.39. The van der Waals surface area contributed by atoms with Gasteiger partial charge in [0.05, 0.1) is 30.1 Å². The predicted molar refractivity (Wildman–Crippen MR) is 136 cm³/mol. The Morgan fingerprint density at radius 3 is 2.44 bits per heavy atom. The van der Waals surface area contributed by atoms with Crippen molar-refractivity contribution in [3.8, 4) is 11.8 Å². The van der Waals surface area contributed by atoms with E-state index in [0.29, 0.717) is 35.2 Å². The highest BCUT2D eigenvalue weighted by Crippen LogP contribution is 2.26. The third-order valence-corrected chi connectivity index (χ3v) is 5.52. The molecule has 0 aliphatic heterocycles. The average molecular weight is 505 g/mol. The SMILES string of the molecule is COc1ccc(CNc2nc(OCc3ccccn3)ncc2C(=O)N(C)Cc2ccccn2)cc1Cl. The number of methoxy groups -OCH3 is 1. The summed E-state index contributed by atoms with van der Waals surface area (Å²) >= 11 is 6.27. The van der Waals surface area contributed by atoms with Crippen molar-refractivity contribution < 1.29 is 14.3 Å². The largest absolute Gasteiger partial charge is 0.495 e. The van der Waals surface area contributed by atoms with Gasteiger partial charge in [-0.1, -0.05) is 29.8 Å². The third-order valence-electron chi connectivity index (χ3n) is 5.22. The highest BCUT2D eigenvalue weighted by atomic mass is 35.5. The van der Waals surface area contributed by atoms with Crippen LogP contribution < -0.4 is 14.8 Å². The van der Waals surface area contributed by atoms with Gasteiger partial charge in [0.25, 0.3) is 5.91 Å². The summed E-state index contributed by atoms with van der Waals surface area (Å²) in [4.78, 5) is 32.1. The number of benzene rings is 1. The van der Waals surface area contributed by atoms with Crippen LogP contribution in [0.3, 0.4) is 0 Å². The maximum Gasteiger partial charge on any atom is 0.318 e. The maximum absolute atomic E-state index is 13.3. The van der Waals surface area contributed by atoms with Gasteiger partial charge in [-0.3, -0.25) is 14.8 Å². The van der Waals surface area contributed by atoms with Crippen LogP contribution in [0.1, 0.15) is 27.3 Å². The summed E-state index contributed by atoms with van der Waals surface area (Å²) in [6.07, 6.45) is 4.84. The van der Waals surface area contributed by atoms with E-state index in [2.05, 4.69) is 25.3 Å². The highest BCUT2D eigenvalue weighted by molar-refractivity contribution is 6.32. The van der Waals surface area contributed by atoms with Gasteiger partial charge in [-0.15, -0.1) is 0 Å². The Labute approximate surface area is 214 Å². The number of amides is 1. The normalized spacial score (nSPS) is 10.5. The molecule has 0 aliphatic carbocycles. The van der Waals surface area contributed by atoms with E-state index in [1.165, 1.54) is 6.20 Å². The second-order valence-electron chi connectivity index (χ2n) is 7.83. The molecule has 3 heterocycles. The molecule has 0 fully saturated rings. The minimum atomic E-state index is -0.257. The summed E-state index contributed by atoms with van der Waals surface area (Å²) in [6.45, 7) is 0.900. The highest BCUT2D eigenvalue weighted by Gasteiger charge is 2.20. The molecular weight excluding hydrogens is 480 g/mol. The van der Waals surface area contributed by atoms with Crippen molar-refractivity contribution in [1.82, 2.24) is 24.8 Å². The molecule has 4 aromatic rings. The Kier molecular flexibility index (Phi) is 8.25. The van der Waals surface area contributed by atoms with Crippen LogP contribution in [0.25, 0.3) is 0 Å². The molecule has 36 heavy (non-hydrogen) atoms. The molecule has 0 saturated carbocycles. The van der Waals surface area contributed by atoms with E-state index in [-0.39, 0.29) is 18.5 Å². The number of anilines is 1. The summed E-state index contributed by atoms with van der Waals surface area (Å²) in [5.74, 6) is 0.665. The number of carbonyl (C=O) groups excluding carboxylic acids is 1. The number of ether oxygens (including phenoxy) is 2. The quantitative estimate of drug-likeness (QED) is 0.339. The van der Waals surface area contributed by atoms with Gasteiger partial charge in [-0.25, -0.2) is 4.98 Å². The molecule has 9 nitrogen and oxygen atoms in total. The fourth-order valence-corrected chi connectivity index (χ4v) is 3.65. The van der Waals surface area contributed by atoms with E-state index in [4.69, 9.17) is 21.1 Å². The van der Waals surface area contributed by atoms with Gasteiger partial charge < -0.3 is 19.7 Å². The van der Waals surface area contributed by atoms with Crippen molar-refractivity contribution in [3.63, 3.8) is 0 Å². The Hall–Kier alpha value is -4.24. The number of hydrogen-bond acceptors (Lipinski definition) is 8. The number of nitrogens with one attached hydrogen (secondary N) is 1. The topological polar surface area (TPSA) is 102 Å². The molecule has 10 heteroatoms. The third kappa shape index (κ3) is 6.45. The summed E-state index contributed by atoms with van der Waals surface area (Å²) in [7, 11) is 3.27. The van der Waals surface area contributed by atoms with Crippen molar-refractivity contribution >= 4 is 23.3 Å². The molecule has 0 unspecified atom stereocenters. The first-order valence-electron chi connectivity index (χ1n) is 11.1. The molecule has 0 atom stereocenters. The molecule has 0 saturated heterocycles. The van der Waals surface area contributed by atoms with Gasteiger partial charge in [0.2, 0.25) is 0 Å². The van der Waals surface area contributed by atoms with Gasteiger partial charge in [0, 0.05) is 32.2 Å². The van der Waals surface area contributed by atoms with Gasteiger partial charge in [0.1, 0.15) is 23.7 Å². The first-order chi connectivity index (χ1) is 17.5. The lowest BCUT2D eigenvalue weighted by molar-refractivity contribution is 0.0783.